The summed E-state index contributed by atoms with van der Waals surface area (Å²) in [5, 5.41) is 11.6. The van der Waals surface area contributed by atoms with Gasteiger partial charge in [-0.1, -0.05) is 32.4 Å². The van der Waals surface area contributed by atoms with Crippen LogP contribution in [0.3, 0.4) is 0 Å². The molecule has 1 rings (SSSR count). The quantitative estimate of drug-likeness (QED) is 0.707. The molecular formula is C14H28N4O. The predicted octanol–water partition coefficient (Wildman–Crippen LogP) is 2.23. The van der Waals surface area contributed by atoms with Crippen molar-refractivity contribution >= 4 is 0 Å². The van der Waals surface area contributed by atoms with Crippen molar-refractivity contribution in [3.63, 3.8) is 0 Å². The molecule has 0 radical (unpaired) electrons. The van der Waals surface area contributed by atoms with Crippen LogP contribution in [0.15, 0.2) is 6.20 Å². The summed E-state index contributed by atoms with van der Waals surface area (Å²) < 4.78 is 7.56. The Morgan fingerprint density at radius 3 is 2.84 bits per heavy atom. The van der Waals surface area contributed by atoms with Crippen LogP contribution in [-0.4, -0.2) is 34.2 Å². The van der Waals surface area contributed by atoms with E-state index in [-0.39, 0.29) is 0 Å². The van der Waals surface area contributed by atoms with E-state index in [1.165, 1.54) is 0 Å². The molecule has 0 saturated heterocycles. The first-order valence-corrected chi connectivity index (χ1v) is 7.33. The van der Waals surface area contributed by atoms with Crippen molar-refractivity contribution in [2.75, 3.05) is 13.2 Å². The van der Waals surface area contributed by atoms with Crippen molar-refractivity contribution in [1.29, 1.82) is 0 Å². The molecule has 0 bridgehead atoms. The first-order chi connectivity index (χ1) is 9.11. The van der Waals surface area contributed by atoms with E-state index in [2.05, 4.69) is 43.3 Å². The molecule has 1 aromatic heterocycles. The summed E-state index contributed by atoms with van der Waals surface area (Å²) in [5.41, 5.74) is 0.988. The van der Waals surface area contributed by atoms with Gasteiger partial charge in [-0.2, -0.15) is 0 Å². The Balaban J connectivity index is 2.19. The molecule has 0 aliphatic rings. The van der Waals surface area contributed by atoms with Crippen LogP contribution in [0, 0.1) is 5.92 Å². The Morgan fingerprint density at radius 2 is 2.16 bits per heavy atom. The highest BCUT2D eigenvalue weighted by Crippen LogP contribution is 2.01. The van der Waals surface area contributed by atoms with Gasteiger partial charge in [-0.05, 0) is 25.8 Å². The highest BCUT2D eigenvalue weighted by atomic mass is 16.5. The summed E-state index contributed by atoms with van der Waals surface area (Å²) in [4.78, 5) is 0. The minimum Gasteiger partial charge on any atom is -0.377 e. The standard InChI is InChI=1S/C14H28N4O/c1-5-6-13(4)19-8-7-18-11-14(16-17-18)10-15-9-12(2)3/h11-13,15H,5-10H2,1-4H3. The van der Waals surface area contributed by atoms with Crippen molar-refractivity contribution in [2.24, 2.45) is 5.92 Å². The first kappa shape index (κ1) is 16.1. The first-order valence-electron chi connectivity index (χ1n) is 7.33. The second-order valence-corrected chi connectivity index (χ2v) is 5.47. The van der Waals surface area contributed by atoms with Crippen LogP contribution < -0.4 is 5.32 Å². The van der Waals surface area contributed by atoms with Gasteiger partial charge in [-0.15, -0.1) is 5.10 Å². The van der Waals surface area contributed by atoms with Crippen molar-refractivity contribution in [3.8, 4) is 0 Å². The summed E-state index contributed by atoms with van der Waals surface area (Å²) in [6, 6.07) is 0. The van der Waals surface area contributed by atoms with E-state index in [0.717, 1.165) is 38.2 Å². The third-order valence-electron chi connectivity index (χ3n) is 2.86. The molecule has 1 heterocycles. The number of nitrogens with one attached hydrogen (secondary N) is 1. The zero-order valence-corrected chi connectivity index (χ0v) is 12.7. The number of nitrogens with zero attached hydrogens (tertiary/aromatic N) is 3. The maximum atomic E-state index is 5.70. The maximum absolute atomic E-state index is 5.70. The Hall–Kier alpha value is -0.940. The minimum absolute atomic E-state index is 0.334. The van der Waals surface area contributed by atoms with Crippen LogP contribution in [0.5, 0.6) is 0 Å². The van der Waals surface area contributed by atoms with Crippen molar-refractivity contribution in [1.82, 2.24) is 20.3 Å². The molecule has 1 aromatic rings. The van der Waals surface area contributed by atoms with Crippen LogP contribution in [0.1, 0.15) is 46.2 Å². The Morgan fingerprint density at radius 1 is 1.37 bits per heavy atom. The van der Waals surface area contributed by atoms with Crippen molar-refractivity contribution in [3.05, 3.63) is 11.9 Å². The third-order valence-corrected chi connectivity index (χ3v) is 2.86. The van der Waals surface area contributed by atoms with Crippen LogP contribution in [0.25, 0.3) is 0 Å². The zero-order chi connectivity index (χ0) is 14.1. The molecule has 1 atom stereocenters. The lowest BCUT2D eigenvalue weighted by Crippen LogP contribution is -2.19. The van der Waals surface area contributed by atoms with Gasteiger partial charge in [0.05, 0.1) is 24.9 Å². The summed E-state index contributed by atoms with van der Waals surface area (Å²) in [6.07, 6.45) is 4.60. The van der Waals surface area contributed by atoms with E-state index in [4.69, 9.17) is 4.74 Å². The van der Waals surface area contributed by atoms with Gasteiger partial charge in [0.25, 0.3) is 0 Å². The lowest BCUT2D eigenvalue weighted by atomic mass is 10.2. The number of hydrogen-bond acceptors (Lipinski definition) is 4. The Bertz CT molecular complexity index is 338. The second kappa shape index (κ2) is 9.04. The van der Waals surface area contributed by atoms with Gasteiger partial charge in [0.2, 0.25) is 0 Å². The molecule has 1 N–H and O–H groups in total. The number of ether oxygens (including phenoxy) is 1. The molecule has 0 saturated carbocycles. The van der Waals surface area contributed by atoms with Gasteiger partial charge in [0, 0.05) is 12.7 Å². The molecule has 5 heteroatoms. The summed E-state index contributed by atoms with van der Waals surface area (Å²) in [7, 11) is 0. The largest absolute Gasteiger partial charge is 0.377 e. The minimum atomic E-state index is 0.334. The Kier molecular flexibility index (Phi) is 7.67. The number of aromatic nitrogens is 3. The molecule has 5 nitrogen and oxygen atoms in total. The van der Waals surface area contributed by atoms with Gasteiger partial charge < -0.3 is 10.1 Å². The molecule has 19 heavy (non-hydrogen) atoms. The molecule has 1 unspecified atom stereocenters. The monoisotopic (exact) mass is 268 g/mol. The average molecular weight is 268 g/mol. The maximum Gasteiger partial charge on any atom is 0.0964 e. The number of rotatable bonds is 10. The summed E-state index contributed by atoms with van der Waals surface area (Å²) in [6.45, 7) is 11.9. The molecule has 0 aliphatic heterocycles. The summed E-state index contributed by atoms with van der Waals surface area (Å²) in [5.74, 6) is 0.656. The van der Waals surface area contributed by atoms with E-state index >= 15 is 0 Å². The second-order valence-electron chi connectivity index (χ2n) is 5.47. The molecule has 0 spiro atoms. The SMILES string of the molecule is CCCC(C)OCCn1cc(CNCC(C)C)nn1. The van der Waals surface area contributed by atoms with Crippen LogP contribution >= 0.6 is 0 Å². The fourth-order valence-electron chi connectivity index (χ4n) is 1.86. The van der Waals surface area contributed by atoms with Gasteiger partial charge in [-0.25, -0.2) is 4.68 Å². The van der Waals surface area contributed by atoms with Crippen LogP contribution in [-0.2, 0) is 17.8 Å². The van der Waals surface area contributed by atoms with E-state index in [1.54, 1.807) is 0 Å². The average Bonchev–Trinajstić information content (AvgIpc) is 2.77. The fraction of sp³-hybridized carbons (Fsp3) is 0.857. The van der Waals surface area contributed by atoms with E-state index < -0.39 is 0 Å². The van der Waals surface area contributed by atoms with E-state index in [9.17, 15) is 0 Å². The lowest BCUT2D eigenvalue weighted by Gasteiger charge is -2.11. The zero-order valence-electron chi connectivity index (χ0n) is 12.7. The smallest absolute Gasteiger partial charge is 0.0964 e. The Labute approximate surface area is 116 Å². The third kappa shape index (κ3) is 7.28. The van der Waals surface area contributed by atoms with Gasteiger partial charge >= 0.3 is 0 Å². The van der Waals surface area contributed by atoms with Gasteiger partial charge in [-0.3, -0.25) is 0 Å². The normalized spacial score (nSPS) is 13.1. The highest BCUT2D eigenvalue weighted by Gasteiger charge is 2.03. The fourth-order valence-corrected chi connectivity index (χ4v) is 1.86. The molecule has 0 aliphatic carbocycles. The molecule has 0 amide bonds. The molecular weight excluding hydrogens is 240 g/mol. The van der Waals surface area contributed by atoms with Gasteiger partial charge in [0.15, 0.2) is 0 Å². The summed E-state index contributed by atoms with van der Waals surface area (Å²) >= 11 is 0. The van der Waals surface area contributed by atoms with Crippen LogP contribution in [0.4, 0.5) is 0 Å². The van der Waals surface area contributed by atoms with E-state index in [0.29, 0.717) is 18.6 Å². The van der Waals surface area contributed by atoms with Gasteiger partial charge in [0.1, 0.15) is 0 Å². The predicted molar refractivity (Wildman–Crippen MR) is 76.9 cm³/mol. The molecule has 0 fully saturated rings. The topological polar surface area (TPSA) is 52.0 Å². The highest BCUT2D eigenvalue weighted by molar-refractivity contribution is 4.91. The van der Waals surface area contributed by atoms with Crippen molar-refractivity contribution in [2.45, 2.75) is 59.7 Å². The van der Waals surface area contributed by atoms with Crippen LogP contribution in [0.2, 0.25) is 0 Å². The number of hydrogen-bond donors (Lipinski definition) is 1. The van der Waals surface area contributed by atoms with E-state index in [1.807, 2.05) is 10.9 Å². The lowest BCUT2D eigenvalue weighted by molar-refractivity contribution is 0.0526. The molecule has 110 valence electrons. The van der Waals surface area contributed by atoms with Crippen molar-refractivity contribution < 1.29 is 4.74 Å². The molecule has 0 aromatic carbocycles.